The van der Waals surface area contributed by atoms with Gasteiger partial charge in [0.15, 0.2) is 5.96 Å². The minimum Gasteiger partial charge on any atom is -0.376 e. The summed E-state index contributed by atoms with van der Waals surface area (Å²) in [6, 6.07) is 10.3. The standard InChI is InChI=1S/C20H30N4OS/c1-5-21-20(24(4)12-19-15-26-17(3)23-19)22-11-16(2)13-25-14-18-9-7-6-8-10-18/h6-10,15-16H,5,11-14H2,1-4H3,(H,21,22). The van der Waals surface area contributed by atoms with E-state index in [2.05, 4.69) is 46.6 Å². The Balaban J connectivity index is 1.80. The first-order valence-electron chi connectivity index (χ1n) is 9.10. The molecule has 26 heavy (non-hydrogen) atoms. The van der Waals surface area contributed by atoms with E-state index < -0.39 is 0 Å². The van der Waals surface area contributed by atoms with Gasteiger partial charge in [0.05, 0.1) is 30.5 Å². The van der Waals surface area contributed by atoms with Gasteiger partial charge in [-0.05, 0) is 25.3 Å². The monoisotopic (exact) mass is 374 g/mol. The van der Waals surface area contributed by atoms with E-state index in [9.17, 15) is 0 Å². The smallest absolute Gasteiger partial charge is 0.194 e. The van der Waals surface area contributed by atoms with Gasteiger partial charge in [0.25, 0.3) is 0 Å². The van der Waals surface area contributed by atoms with Crippen LogP contribution in [0.15, 0.2) is 40.7 Å². The molecule has 1 unspecified atom stereocenters. The highest BCUT2D eigenvalue weighted by Gasteiger charge is 2.10. The Morgan fingerprint density at radius 1 is 1.35 bits per heavy atom. The number of rotatable bonds is 9. The molecular weight excluding hydrogens is 344 g/mol. The Labute approximate surface area is 161 Å². The van der Waals surface area contributed by atoms with E-state index in [1.165, 1.54) is 5.56 Å². The Morgan fingerprint density at radius 3 is 2.77 bits per heavy atom. The highest BCUT2D eigenvalue weighted by molar-refractivity contribution is 7.09. The van der Waals surface area contributed by atoms with Gasteiger partial charge in [-0.15, -0.1) is 11.3 Å². The summed E-state index contributed by atoms with van der Waals surface area (Å²) < 4.78 is 5.82. The van der Waals surface area contributed by atoms with Crippen molar-refractivity contribution in [1.29, 1.82) is 0 Å². The number of hydrogen-bond donors (Lipinski definition) is 1. The van der Waals surface area contributed by atoms with Crippen molar-refractivity contribution in [1.82, 2.24) is 15.2 Å². The maximum Gasteiger partial charge on any atom is 0.194 e. The summed E-state index contributed by atoms with van der Waals surface area (Å²) in [6.07, 6.45) is 0. The molecular formula is C20H30N4OS. The molecule has 1 heterocycles. The number of benzene rings is 1. The normalized spacial score (nSPS) is 12.8. The van der Waals surface area contributed by atoms with Gasteiger partial charge in [-0.25, -0.2) is 4.98 Å². The minimum absolute atomic E-state index is 0.363. The number of aryl methyl sites for hydroxylation is 1. The van der Waals surface area contributed by atoms with Crippen molar-refractivity contribution in [2.24, 2.45) is 10.9 Å². The molecule has 142 valence electrons. The largest absolute Gasteiger partial charge is 0.376 e. The van der Waals surface area contributed by atoms with Gasteiger partial charge in [0.1, 0.15) is 0 Å². The second-order valence-corrected chi connectivity index (χ2v) is 7.58. The first-order valence-corrected chi connectivity index (χ1v) is 9.98. The van der Waals surface area contributed by atoms with Crippen LogP contribution in [0.25, 0.3) is 0 Å². The predicted octanol–water partition coefficient (Wildman–Crippen LogP) is 3.70. The molecule has 0 aliphatic heterocycles. The van der Waals surface area contributed by atoms with E-state index in [0.29, 0.717) is 19.1 Å². The third-order valence-electron chi connectivity index (χ3n) is 3.83. The number of nitrogens with zero attached hydrogens (tertiary/aromatic N) is 3. The van der Waals surface area contributed by atoms with Crippen LogP contribution >= 0.6 is 11.3 Å². The van der Waals surface area contributed by atoms with Crippen molar-refractivity contribution >= 4 is 17.3 Å². The molecule has 0 saturated heterocycles. The van der Waals surface area contributed by atoms with Gasteiger partial charge >= 0.3 is 0 Å². The fraction of sp³-hybridized carbons (Fsp3) is 0.500. The van der Waals surface area contributed by atoms with Crippen LogP contribution in [-0.4, -0.2) is 42.6 Å². The summed E-state index contributed by atoms with van der Waals surface area (Å²) in [6.45, 7) is 9.98. The van der Waals surface area contributed by atoms with Crippen LogP contribution in [-0.2, 0) is 17.9 Å². The molecule has 1 aromatic carbocycles. The van der Waals surface area contributed by atoms with Gasteiger partial charge in [-0.3, -0.25) is 4.99 Å². The number of aliphatic imine (C=N–C) groups is 1. The van der Waals surface area contributed by atoms with Crippen molar-refractivity contribution in [3.63, 3.8) is 0 Å². The molecule has 0 spiro atoms. The lowest BCUT2D eigenvalue weighted by Gasteiger charge is -2.22. The number of aromatic nitrogens is 1. The topological polar surface area (TPSA) is 49.8 Å². The Morgan fingerprint density at radius 2 is 2.12 bits per heavy atom. The van der Waals surface area contributed by atoms with Crippen molar-refractivity contribution in [3.05, 3.63) is 52.0 Å². The van der Waals surface area contributed by atoms with Crippen LogP contribution in [0.1, 0.15) is 30.1 Å². The van der Waals surface area contributed by atoms with Crippen molar-refractivity contribution in [2.45, 2.75) is 33.9 Å². The molecule has 2 aromatic rings. The van der Waals surface area contributed by atoms with Crippen LogP contribution in [0, 0.1) is 12.8 Å². The molecule has 5 nitrogen and oxygen atoms in total. The fourth-order valence-corrected chi connectivity index (χ4v) is 3.12. The Hall–Kier alpha value is -1.92. The summed E-state index contributed by atoms with van der Waals surface area (Å²) in [5.74, 6) is 1.27. The molecule has 0 aliphatic carbocycles. The minimum atomic E-state index is 0.363. The molecule has 0 saturated carbocycles. The zero-order chi connectivity index (χ0) is 18.8. The summed E-state index contributed by atoms with van der Waals surface area (Å²) >= 11 is 1.68. The van der Waals surface area contributed by atoms with Crippen LogP contribution < -0.4 is 5.32 Å². The molecule has 0 bridgehead atoms. The lowest BCUT2D eigenvalue weighted by Crippen LogP contribution is -2.39. The van der Waals surface area contributed by atoms with Crippen LogP contribution in [0.2, 0.25) is 0 Å². The van der Waals surface area contributed by atoms with E-state index in [1.807, 2.05) is 32.2 Å². The molecule has 0 aliphatic rings. The van der Waals surface area contributed by atoms with Gasteiger partial charge in [-0.2, -0.15) is 0 Å². The lowest BCUT2D eigenvalue weighted by atomic mass is 10.2. The van der Waals surface area contributed by atoms with E-state index in [-0.39, 0.29) is 0 Å². The highest BCUT2D eigenvalue weighted by Crippen LogP contribution is 2.10. The van der Waals surface area contributed by atoms with Gasteiger partial charge in [-0.1, -0.05) is 37.3 Å². The van der Waals surface area contributed by atoms with Crippen molar-refractivity contribution < 1.29 is 4.74 Å². The summed E-state index contributed by atoms with van der Waals surface area (Å²) in [7, 11) is 2.05. The zero-order valence-electron chi connectivity index (χ0n) is 16.2. The maximum absolute atomic E-state index is 5.82. The summed E-state index contributed by atoms with van der Waals surface area (Å²) in [4.78, 5) is 11.4. The fourth-order valence-electron chi connectivity index (χ4n) is 2.52. The van der Waals surface area contributed by atoms with E-state index >= 15 is 0 Å². The quantitative estimate of drug-likeness (QED) is 0.537. The molecule has 0 fully saturated rings. The van der Waals surface area contributed by atoms with Gasteiger partial charge in [0.2, 0.25) is 0 Å². The number of ether oxygens (including phenoxy) is 1. The Bertz CT molecular complexity index is 671. The van der Waals surface area contributed by atoms with E-state index in [1.54, 1.807) is 11.3 Å². The predicted molar refractivity (Wildman–Crippen MR) is 110 cm³/mol. The van der Waals surface area contributed by atoms with Crippen molar-refractivity contribution in [2.75, 3.05) is 26.7 Å². The molecule has 1 N–H and O–H groups in total. The molecule has 0 amide bonds. The molecule has 1 aromatic heterocycles. The van der Waals surface area contributed by atoms with Crippen LogP contribution in [0.4, 0.5) is 0 Å². The molecule has 6 heteroatoms. The molecule has 0 radical (unpaired) electrons. The molecule has 2 rings (SSSR count). The van der Waals surface area contributed by atoms with E-state index in [0.717, 1.165) is 36.3 Å². The van der Waals surface area contributed by atoms with Crippen LogP contribution in [0.3, 0.4) is 0 Å². The Kier molecular flexibility index (Phi) is 8.58. The SMILES string of the molecule is CCNC(=NCC(C)COCc1ccccc1)N(C)Cc1csc(C)n1. The number of hydrogen-bond acceptors (Lipinski definition) is 4. The molecule has 1 atom stereocenters. The third-order valence-corrected chi connectivity index (χ3v) is 4.65. The number of guanidine groups is 1. The average molecular weight is 375 g/mol. The zero-order valence-corrected chi connectivity index (χ0v) is 17.1. The van der Waals surface area contributed by atoms with Crippen molar-refractivity contribution in [3.8, 4) is 0 Å². The van der Waals surface area contributed by atoms with E-state index in [4.69, 9.17) is 9.73 Å². The third kappa shape index (κ3) is 7.14. The number of nitrogens with one attached hydrogen (secondary N) is 1. The van der Waals surface area contributed by atoms with Gasteiger partial charge < -0.3 is 15.0 Å². The summed E-state index contributed by atoms with van der Waals surface area (Å²) in [5.41, 5.74) is 2.29. The maximum atomic E-state index is 5.82. The van der Waals surface area contributed by atoms with Gasteiger partial charge in [0, 0.05) is 25.5 Å². The first kappa shape index (κ1) is 20.4. The number of thiazole rings is 1. The first-order chi connectivity index (χ1) is 12.6. The summed E-state index contributed by atoms with van der Waals surface area (Å²) in [5, 5.41) is 6.56. The van der Waals surface area contributed by atoms with Crippen LogP contribution in [0.5, 0.6) is 0 Å². The highest BCUT2D eigenvalue weighted by atomic mass is 32.1. The average Bonchev–Trinajstić information content (AvgIpc) is 3.04. The second-order valence-electron chi connectivity index (χ2n) is 6.51. The lowest BCUT2D eigenvalue weighted by molar-refractivity contribution is 0.0944. The second kappa shape index (κ2) is 10.9.